The molecule has 4 saturated carbocycles. The number of carbonyl (C=O) groups excluding carboxylic acids is 1. The molecule has 5 atom stereocenters. The molecule has 10 heteroatoms. The quantitative estimate of drug-likeness (QED) is 0.654. The lowest BCUT2D eigenvalue weighted by Gasteiger charge is -2.49. The van der Waals surface area contributed by atoms with E-state index in [9.17, 15) is 17.6 Å². The van der Waals surface area contributed by atoms with Gasteiger partial charge < -0.3 is 9.72 Å². The molecule has 0 radical (unpaired) electrons. The summed E-state index contributed by atoms with van der Waals surface area (Å²) in [7, 11) is -4.20. The molecule has 4 fully saturated rings. The third kappa shape index (κ3) is 2.93. The average molecular weight is 480 g/mol. The molecule has 2 N–H and O–H groups in total. The number of H-pyrrole nitrogens is 1. The fraction of sp³-hybridized carbons (Fsp3) is 0.545. The number of ether oxygens (including phenoxy) is 1. The molecule has 2 aromatic rings. The number of hydrogen-bond donors (Lipinski definition) is 2. The molecular formula is C22H23ClFN3O4S. The summed E-state index contributed by atoms with van der Waals surface area (Å²) in [6, 6.07) is 2.18. The number of aromatic amines is 1. The van der Waals surface area contributed by atoms with Crippen molar-refractivity contribution in [2.24, 2.45) is 28.6 Å². The molecular weight excluding hydrogens is 457 g/mol. The van der Waals surface area contributed by atoms with Crippen molar-refractivity contribution in [1.29, 1.82) is 0 Å². The molecule has 0 saturated heterocycles. The summed E-state index contributed by atoms with van der Waals surface area (Å²) in [4.78, 5) is 18.4. The van der Waals surface area contributed by atoms with E-state index >= 15 is 0 Å². The largest absolute Gasteiger partial charge is 0.491 e. The van der Waals surface area contributed by atoms with Crippen molar-refractivity contribution in [1.82, 2.24) is 14.7 Å². The second-order valence-electron chi connectivity index (χ2n) is 10.2. The maximum Gasteiger partial charge on any atom is 0.281 e. The Morgan fingerprint density at radius 1 is 1.28 bits per heavy atom. The van der Waals surface area contributed by atoms with Crippen LogP contribution in [0.5, 0.6) is 5.75 Å². The molecule has 1 heterocycles. The summed E-state index contributed by atoms with van der Waals surface area (Å²) in [6.07, 6.45) is 9.79. The number of hydrogen-bond acceptors (Lipinski definition) is 5. The minimum Gasteiger partial charge on any atom is -0.491 e. The van der Waals surface area contributed by atoms with Gasteiger partial charge in [-0.25, -0.2) is 14.1 Å². The number of sulfonamides is 1. The van der Waals surface area contributed by atoms with Crippen molar-refractivity contribution in [2.75, 3.05) is 6.61 Å². The molecule has 1 spiro atoms. The van der Waals surface area contributed by atoms with Gasteiger partial charge in [0.05, 0.1) is 29.7 Å². The molecule has 170 valence electrons. The van der Waals surface area contributed by atoms with Crippen LogP contribution in [-0.4, -0.2) is 30.9 Å². The minimum absolute atomic E-state index is 0.0719. The summed E-state index contributed by atoms with van der Waals surface area (Å²) in [6.45, 7) is 0.493. The summed E-state index contributed by atoms with van der Waals surface area (Å²) >= 11 is 6.30. The summed E-state index contributed by atoms with van der Waals surface area (Å²) in [5.41, 5.74) is 0.191. The van der Waals surface area contributed by atoms with E-state index in [1.54, 1.807) is 0 Å². The molecule has 5 unspecified atom stereocenters. The SMILES string of the molecule is O=C(NS(=O)(=O)c1cnc[nH]1)c1cc(Cl)c(OCC23CC4CC5CC(C2)C5(C4)C3)cc1F. The normalized spacial score (nSPS) is 34.2. The van der Waals surface area contributed by atoms with E-state index in [2.05, 4.69) is 9.97 Å². The molecule has 32 heavy (non-hydrogen) atoms. The molecule has 1 amide bonds. The van der Waals surface area contributed by atoms with E-state index in [0.717, 1.165) is 48.8 Å². The van der Waals surface area contributed by atoms with E-state index in [-0.39, 0.29) is 21.2 Å². The van der Waals surface area contributed by atoms with Crippen LogP contribution in [0, 0.1) is 34.4 Å². The van der Waals surface area contributed by atoms with Gasteiger partial charge in [0, 0.05) is 11.5 Å². The maximum absolute atomic E-state index is 14.7. The molecule has 3 bridgehead atoms. The lowest BCUT2D eigenvalue weighted by molar-refractivity contribution is -0.00536. The molecule has 6 rings (SSSR count). The number of nitrogens with zero attached hydrogens (tertiary/aromatic N) is 1. The molecule has 7 nitrogen and oxygen atoms in total. The van der Waals surface area contributed by atoms with Gasteiger partial charge in [-0.15, -0.1) is 0 Å². The van der Waals surface area contributed by atoms with Crippen molar-refractivity contribution in [3.8, 4) is 5.75 Å². The first-order chi connectivity index (χ1) is 15.2. The average Bonchev–Trinajstić information content (AvgIpc) is 3.38. The molecule has 1 aromatic heterocycles. The third-order valence-corrected chi connectivity index (χ3v) is 9.93. The Morgan fingerprint density at radius 2 is 2.12 bits per heavy atom. The number of rotatable bonds is 6. The zero-order valence-corrected chi connectivity index (χ0v) is 18.8. The first-order valence-corrected chi connectivity index (χ1v) is 12.7. The molecule has 4 aliphatic carbocycles. The highest BCUT2D eigenvalue weighted by Crippen LogP contribution is 2.78. The zero-order chi connectivity index (χ0) is 22.3. The highest BCUT2D eigenvalue weighted by molar-refractivity contribution is 7.90. The van der Waals surface area contributed by atoms with Gasteiger partial charge in [-0.05, 0) is 67.8 Å². The van der Waals surface area contributed by atoms with Crippen molar-refractivity contribution in [2.45, 2.75) is 43.6 Å². The van der Waals surface area contributed by atoms with Crippen LogP contribution in [0.2, 0.25) is 5.02 Å². The number of nitrogens with one attached hydrogen (secondary N) is 2. The van der Waals surface area contributed by atoms with Crippen molar-refractivity contribution >= 4 is 27.5 Å². The van der Waals surface area contributed by atoms with Crippen LogP contribution in [0.15, 0.2) is 29.7 Å². The predicted octanol–water partition coefficient (Wildman–Crippen LogP) is 3.92. The van der Waals surface area contributed by atoms with Gasteiger partial charge >= 0.3 is 0 Å². The number of amides is 1. The fourth-order valence-electron chi connectivity index (χ4n) is 7.37. The van der Waals surface area contributed by atoms with Crippen molar-refractivity contribution in [3.05, 3.63) is 41.1 Å². The number of imidazole rings is 1. The Kier molecular flexibility index (Phi) is 4.28. The van der Waals surface area contributed by atoms with E-state index in [4.69, 9.17) is 16.3 Å². The topological polar surface area (TPSA) is 101 Å². The second kappa shape index (κ2) is 6.70. The monoisotopic (exact) mass is 479 g/mol. The summed E-state index contributed by atoms with van der Waals surface area (Å²) in [5, 5.41) is -0.229. The van der Waals surface area contributed by atoms with E-state index in [1.165, 1.54) is 32.1 Å². The van der Waals surface area contributed by atoms with Crippen molar-refractivity contribution in [3.63, 3.8) is 0 Å². The Labute approximate surface area is 190 Å². The smallest absolute Gasteiger partial charge is 0.281 e. The van der Waals surface area contributed by atoms with Crippen molar-refractivity contribution < 1.29 is 22.3 Å². The Bertz CT molecular complexity index is 1220. The van der Waals surface area contributed by atoms with Gasteiger partial charge in [-0.1, -0.05) is 11.6 Å². The van der Waals surface area contributed by atoms with Crippen LogP contribution in [0.4, 0.5) is 4.39 Å². The fourth-order valence-corrected chi connectivity index (χ4v) is 8.46. The van der Waals surface area contributed by atoms with Crippen LogP contribution >= 0.6 is 11.6 Å². The highest BCUT2D eigenvalue weighted by Gasteiger charge is 2.70. The number of aromatic nitrogens is 2. The summed E-state index contributed by atoms with van der Waals surface area (Å²) in [5.74, 6) is 0.633. The number of halogens is 2. The van der Waals surface area contributed by atoms with Crippen LogP contribution < -0.4 is 9.46 Å². The first-order valence-electron chi connectivity index (χ1n) is 10.9. The second-order valence-corrected chi connectivity index (χ2v) is 12.2. The Balaban J connectivity index is 1.18. The third-order valence-electron chi connectivity index (χ3n) is 8.38. The van der Waals surface area contributed by atoms with Crippen LogP contribution in [0.25, 0.3) is 0 Å². The van der Waals surface area contributed by atoms with Gasteiger partial charge in [0.1, 0.15) is 11.6 Å². The molecule has 0 aliphatic heterocycles. The van der Waals surface area contributed by atoms with E-state index < -0.39 is 27.3 Å². The minimum atomic E-state index is -4.20. The van der Waals surface area contributed by atoms with Gasteiger partial charge in [0.2, 0.25) is 0 Å². The van der Waals surface area contributed by atoms with Gasteiger partial charge in [0.25, 0.3) is 15.9 Å². The Hall–Kier alpha value is -2.13. The maximum atomic E-state index is 14.7. The number of benzene rings is 1. The number of fused-ring (bicyclic) bond motifs is 2. The van der Waals surface area contributed by atoms with E-state index in [1.807, 2.05) is 4.72 Å². The molecule has 1 aromatic carbocycles. The standard InChI is InChI=1S/C22H23ClFN3O4S/c23-16-3-15(20(28)27-32(29,30)19-8-25-11-26-19)17(24)4-18(16)31-10-21-5-12-1-13-2-14(7-21)22(13,6-12)9-21/h3-4,8,11-14H,1-2,5-7,9-10H2,(H,25,26)(H,27,28). The van der Waals surface area contributed by atoms with Crippen LogP contribution in [0.1, 0.15) is 48.9 Å². The number of carbonyl (C=O) groups is 1. The lowest BCUT2D eigenvalue weighted by Crippen LogP contribution is -2.42. The van der Waals surface area contributed by atoms with Crippen LogP contribution in [-0.2, 0) is 10.0 Å². The zero-order valence-electron chi connectivity index (χ0n) is 17.2. The Morgan fingerprint density at radius 3 is 2.91 bits per heavy atom. The predicted molar refractivity (Wildman–Crippen MR) is 113 cm³/mol. The van der Waals surface area contributed by atoms with Gasteiger partial charge in [0.15, 0.2) is 5.03 Å². The van der Waals surface area contributed by atoms with Gasteiger partial charge in [-0.2, -0.15) is 8.42 Å². The highest BCUT2D eigenvalue weighted by atomic mass is 35.5. The van der Waals surface area contributed by atoms with E-state index in [0.29, 0.717) is 12.0 Å². The molecule has 4 aliphatic rings. The lowest BCUT2D eigenvalue weighted by atomic mass is 9.55. The summed E-state index contributed by atoms with van der Waals surface area (Å²) < 4.78 is 47.0. The van der Waals surface area contributed by atoms with Crippen LogP contribution in [0.3, 0.4) is 0 Å². The van der Waals surface area contributed by atoms with Gasteiger partial charge in [-0.3, -0.25) is 4.79 Å². The first kappa shape index (κ1) is 20.5.